The fourth-order valence-corrected chi connectivity index (χ4v) is 9.38. The minimum Gasteiger partial charge on any atom is -0.310 e. The third kappa shape index (κ3) is 5.96. The molecule has 55 heavy (non-hydrogen) atoms. The van der Waals surface area contributed by atoms with Crippen LogP contribution in [0, 0.1) is 0 Å². The van der Waals surface area contributed by atoms with Crippen LogP contribution < -0.4 is 9.80 Å². The molecule has 0 atom stereocenters. The molecule has 0 bridgehead atoms. The van der Waals surface area contributed by atoms with Crippen molar-refractivity contribution in [1.82, 2.24) is 0 Å². The number of hydrogen-bond acceptors (Lipinski definition) is 2. The van der Waals surface area contributed by atoms with Gasteiger partial charge in [-0.15, -0.1) is 0 Å². The lowest BCUT2D eigenvalue weighted by atomic mass is 9.63. The second-order valence-electron chi connectivity index (χ2n) is 17.3. The van der Waals surface area contributed by atoms with Gasteiger partial charge >= 0.3 is 0 Å². The average molecular weight is 715 g/mol. The molecule has 0 heterocycles. The van der Waals surface area contributed by atoms with Crippen LogP contribution in [0.2, 0.25) is 0 Å². The number of fused-ring (bicyclic) bond motifs is 4. The van der Waals surface area contributed by atoms with E-state index in [4.69, 9.17) is 0 Å². The van der Waals surface area contributed by atoms with Crippen LogP contribution in [0.15, 0.2) is 170 Å². The van der Waals surface area contributed by atoms with Gasteiger partial charge in [0.25, 0.3) is 0 Å². The van der Waals surface area contributed by atoms with Crippen LogP contribution >= 0.6 is 0 Å². The quantitative estimate of drug-likeness (QED) is 0.162. The first-order valence-electron chi connectivity index (χ1n) is 19.8. The normalized spacial score (nSPS) is 15.7. The van der Waals surface area contributed by atoms with Gasteiger partial charge in [-0.1, -0.05) is 145 Å². The van der Waals surface area contributed by atoms with Crippen molar-refractivity contribution in [3.05, 3.63) is 192 Å². The van der Waals surface area contributed by atoms with E-state index in [9.17, 15) is 0 Å². The molecule has 272 valence electrons. The van der Waals surface area contributed by atoms with Crippen molar-refractivity contribution in [3.8, 4) is 22.3 Å². The molecule has 0 aliphatic heterocycles. The van der Waals surface area contributed by atoms with E-state index < -0.39 is 0 Å². The zero-order valence-electron chi connectivity index (χ0n) is 33.0. The van der Waals surface area contributed by atoms with Gasteiger partial charge in [0, 0.05) is 33.9 Å². The Morgan fingerprint density at radius 2 is 0.891 bits per heavy atom. The molecule has 0 saturated carbocycles. The Balaban J connectivity index is 1.12. The molecule has 2 aliphatic rings. The summed E-state index contributed by atoms with van der Waals surface area (Å²) in [4.78, 5) is 4.85. The summed E-state index contributed by atoms with van der Waals surface area (Å²) < 4.78 is 0. The van der Waals surface area contributed by atoms with Gasteiger partial charge in [-0.2, -0.15) is 0 Å². The van der Waals surface area contributed by atoms with Crippen molar-refractivity contribution < 1.29 is 0 Å². The monoisotopic (exact) mass is 714 g/mol. The van der Waals surface area contributed by atoms with Crippen LogP contribution in [0.1, 0.15) is 76.6 Å². The Bertz CT molecular complexity index is 2510. The molecule has 2 nitrogen and oxygen atoms in total. The van der Waals surface area contributed by atoms with Crippen LogP contribution in [0.3, 0.4) is 0 Å². The fraction of sp³-hybridized carbons (Fsp3) is 0.208. The molecule has 0 radical (unpaired) electrons. The fourth-order valence-electron chi connectivity index (χ4n) is 9.38. The first-order valence-corrected chi connectivity index (χ1v) is 19.8. The summed E-state index contributed by atoms with van der Waals surface area (Å²) in [5.74, 6) is 0. The smallest absolute Gasteiger partial charge is 0.0508 e. The molecule has 9 rings (SSSR count). The summed E-state index contributed by atoms with van der Waals surface area (Å²) in [5.41, 5.74) is 17.9. The van der Waals surface area contributed by atoms with E-state index >= 15 is 0 Å². The number of benzene rings is 7. The van der Waals surface area contributed by atoms with Crippen LogP contribution in [-0.2, 0) is 16.2 Å². The molecular formula is C53H50N2. The lowest BCUT2D eigenvalue weighted by Crippen LogP contribution is -2.34. The average Bonchev–Trinajstić information content (AvgIpc) is 3.45. The second-order valence-corrected chi connectivity index (χ2v) is 17.3. The molecule has 2 aliphatic carbocycles. The number of anilines is 6. The third-order valence-electron chi connectivity index (χ3n) is 12.5. The molecule has 0 saturated heterocycles. The van der Waals surface area contributed by atoms with Gasteiger partial charge in [0.2, 0.25) is 0 Å². The largest absolute Gasteiger partial charge is 0.310 e. The van der Waals surface area contributed by atoms with Gasteiger partial charge in [0.1, 0.15) is 0 Å². The molecule has 0 N–H and O–H groups in total. The van der Waals surface area contributed by atoms with Gasteiger partial charge in [-0.05, 0) is 135 Å². The number of rotatable bonds is 7. The number of hydrogen-bond donors (Lipinski definition) is 0. The highest BCUT2D eigenvalue weighted by Crippen LogP contribution is 2.54. The second kappa shape index (κ2) is 13.2. The lowest BCUT2D eigenvalue weighted by molar-refractivity contribution is 0.332. The molecule has 7 aromatic carbocycles. The van der Waals surface area contributed by atoms with Crippen LogP contribution in [-0.4, -0.2) is 0 Å². The highest BCUT2D eigenvalue weighted by Gasteiger charge is 2.39. The van der Waals surface area contributed by atoms with Gasteiger partial charge < -0.3 is 9.80 Å². The van der Waals surface area contributed by atoms with Crippen LogP contribution in [0.5, 0.6) is 0 Å². The highest BCUT2D eigenvalue weighted by molar-refractivity contribution is 5.91. The zero-order chi connectivity index (χ0) is 38.0. The van der Waals surface area contributed by atoms with Gasteiger partial charge in [0.15, 0.2) is 0 Å². The summed E-state index contributed by atoms with van der Waals surface area (Å²) in [7, 11) is 0. The SMILES string of the molecule is CC1(C)CCC(C)(C)c2cc(N(c3ccccc3)c3cccc(-c4ccc(N(c5ccccc5)c5cccc6c5C(C)(C)c5ccccc5-6)cc4)c3)ccc21. The predicted octanol–water partition coefficient (Wildman–Crippen LogP) is 14.9. The van der Waals surface area contributed by atoms with Crippen molar-refractivity contribution in [2.75, 3.05) is 9.80 Å². The van der Waals surface area contributed by atoms with Crippen LogP contribution in [0.25, 0.3) is 22.3 Å². The molecular weight excluding hydrogens is 665 g/mol. The summed E-state index contributed by atoms with van der Waals surface area (Å²) in [6.07, 6.45) is 2.39. The maximum absolute atomic E-state index is 2.46. The van der Waals surface area contributed by atoms with E-state index in [1.54, 1.807) is 0 Å². The van der Waals surface area contributed by atoms with Crippen molar-refractivity contribution in [1.29, 1.82) is 0 Å². The zero-order valence-corrected chi connectivity index (χ0v) is 33.0. The Morgan fingerprint density at radius 1 is 0.364 bits per heavy atom. The molecule has 0 amide bonds. The summed E-state index contributed by atoms with van der Waals surface area (Å²) in [6.45, 7) is 14.3. The van der Waals surface area contributed by atoms with Crippen molar-refractivity contribution in [2.24, 2.45) is 0 Å². The molecule has 7 aromatic rings. The van der Waals surface area contributed by atoms with E-state index in [2.05, 4.69) is 221 Å². The van der Waals surface area contributed by atoms with E-state index in [0.717, 1.165) is 22.7 Å². The topological polar surface area (TPSA) is 6.48 Å². The highest BCUT2D eigenvalue weighted by atomic mass is 15.1. The van der Waals surface area contributed by atoms with Crippen LogP contribution in [0.4, 0.5) is 34.1 Å². The van der Waals surface area contributed by atoms with Crippen molar-refractivity contribution >= 4 is 34.1 Å². The molecule has 0 aromatic heterocycles. The minimum atomic E-state index is -0.134. The number of nitrogens with zero attached hydrogens (tertiary/aromatic N) is 2. The molecule has 0 unspecified atom stereocenters. The van der Waals surface area contributed by atoms with Gasteiger partial charge in [-0.25, -0.2) is 0 Å². The summed E-state index contributed by atoms with van der Waals surface area (Å²) >= 11 is 0. The third-order valence-corrected chi connectivity index (χ3v) is 12.5. The maximum Gasteiger partial charge on any atom is 0.0508 e. The van der Waals surface area contributed by atoms with Crippen molar-refractivity contribution in [2.45, 2.75) is 70.6 Å². The first-order chi connectivity index (χ1) is 26.5. The molecule has 0 fully saturated rings. The van der Waals surface area contributed by atoms with Gasteiger partial charge in [-0.3, -0.25) is 0 Å². The van der Waals surface area contributed by atoms with Gasteiger partial charge in [0.05, 0.1) is 5.69 Å². The Labute approximate surface area is 327 Å². The van der Waals surface area contributed by atoms with E-state index in [0.29, 0.717) is 0 Å². The minimum absolute atomic E-state index is 0.125. The summed E-state index contributed by atoms with van der Waals surface area (Å²) in [5, 5.41) is 0. The predicted molar refractivity (Wildman–Crippen MR) is 234 cm³/mol. The van der Waals surface area contributed by atoms with E-state index in [-0.39, 0.29) is 16.2 Å². The Kier molecular flexibility index (Phi) is 8.35. The molecule has 2 heteroatoms. The lowest BCUT2D eigenvalue weighted by Gasteiger charge is -2.42. The standard InChI is InChI=1S/C53H50N2/c1-51(2)33-34-52(3,4)48-36-43(31-32-47(48)51)54(39-18-9-7-10-19-39)42-22-15-17-38(35-42)37-27-29-41(30-28-37)55(40-20-11-8-12-21-40)49-26-16-24-45-44-23-13-14-25-46(44)53(5,6)50(45)49/h7-32,35-36H,33-34H2,1-6H3. The Morgan fingerprint density at radius 3 is 1.60 bits per heavy atom. The maximum atomic E-state index is 2.46. The summed E-state index contributed by atoms with van der Waals surface area (Å²) in [6, 6.07) is 62.6. The van der Waals surface area contributed by atoms with Crippen molar-refractivity contribution in [3.63, 3.8) is 0 Å². The first kappa shape index (κ1) is 34.9. The Hall–Kier alpha value is -5.86. The van der Waals surface area contributed by atoms with E-state index in [1.807, 2.05) is 0 Å². The molecule has 0 spiro atoms. The van der Waals surface area contributed by atoms with E-state index in [1.165, 1.54) is 68.7 Å². The number of para-hydroxylation sites is 2.